The van der Waals surface area contributed by atoms with Crippen LogP contribution >= 0.6 is 11.6 Å². The van der Waals surface area contributed by atoms with Gasteiger partial charge in [-0.25, -0.2) is 5.43 Å². The molecule has 31 heavy (non-hydrogen) atoms. The first-order valence-electron chi connectivity index (χ1n) is 9.10. The van der Waals surface area contributed by atoms with Gasteiger partial charge in [0.2, 0.25) is 0 Å². The van der Waals surface area contributed by atoms with Crippen LogP contribution in [0.2, 0.25) is 5.02 Å². The highest BCUT2D eigenvalue weighted by molar-refractivity contribution is 6.30. The average molecular weight is 437 g/mol. The molecule has 0 radical (unpaired) electrons. The third-order valence-corrected chi connectivity index (χ3v) is 4.57. The first-order valence-corrected chi connectivity index (χ1v) is 9.48. The number of carbonyl (C=O) groups excluding carboxylic acids is 2. The number of nitrogens with one attached hydrogen (secondary N) is 2. The molecule has 0 fully saturated rings. The van der Waals surface area contributed by atoms with Crippen molar-refractivity contribution < 1.29 is 14.5 Å². The SMILES string of the molecule is CC(=NNC(=O)c1ccccc1[N+](=O)[O-])c1cccc(NC(=O)c2ccc(Cl)cc2)c1. The molecule has 2 amide bonds. The van der Waals surface area contributed by atoms with Gasteiger partial charge in [-0.2, -0.15) is 5.10 Å². The molecule has 0 aliphatic rings. The Hall–Kier alpha value is -4.04. The summed E-state index contributed by atoms with van der Waals surface area (Å²) in [7, 11) is 0. The Kier molecular flexibility index (Phi) is 6.74. The molecule has 0 aliphatic carbocycles. The minimum Gasteiger partial charge on any atom is -0.322 e. The number of nitro groups is 1. The second-order valence-electron chi connectivity index (χ2n) is 6.45. The second kappa shape index (κ2) is 9.64. The number of amides is 2. The summed E-state index contributed by atoms with van der Waals surface area (Å²) in [5.41, 5.74) is 4.03. The van der Waals surface area contributed by atoms with E-state index in [-0.39, 0.29) is 17.2 Å². The van der Waals surface area contributed by atoms with Gasteiger partial charge < -0.3 is 5.32 Å². The topological polar surface area (TPSA) is 114 Å². The standard InChI is InChI=1S/C22H17ClN4O4/c1-14(25-26-22(29)19-7-2-3-8-20(19)27(30)31)16-5-4-6-18(13-16)24-21(28)15-9-11-17(23)12-10-15/h2-13H,1H3,(H,24,28)(H,26,29). The van der Waals surface area contributed by atoms with Crippen molar-refractivity contribution in [2.24, 2.45) is 5.10 Å². The van der Waals surface area contributed by atoms with Gasteiger partial charge >= 0.3 is 0 Å². The highest BCUT2D eigenvalue weighted by atomic mass is 35.5. The highest BCUT2D eigenvalue weighted by Crippen LogP contribution is 2.18. The summed E-state index contributed by atoms with van der Waals surface area (Å²) in [5.74, 6) is -0.994. The smallest absolute Gasteiger partial charge is 0.282 e. The van der Waals surface area contributed by atoms with Gasteiger partial charge in [-0.05, 0) is 55.0 Å². The first kappa shape index (κ1) is 21.7. The summed E-state index contributed by atoms with van der Waals surface area (Å²) in [5, 5.41) is 18.4. The van der Waals surface area contributed by atoms with Crippen LogP contribution in [-0.4, -0.2) is 22.4 Å². The van der Waals surface area contributed by atoms with Gasteiger partial charge in [-0.15, -0.1) is 0 Å². The predicted molar refractivity (Wildman–Crippen MR) is 119 cm³/mol. The molecule has 9 heteroatoms. The Bertz CT molecular complexity index is 1180. The lowest BCUT2D eigenvalue weighted by Crippen LogP contribution is -2.20. The van der Waals surface area contributed by atoms with Crippen LogP contribution in [0.15, 0.2) is 77.9 Å². The van der Waals surface area contributed by atoms with Crippen LogP contribution in [0.4, 0.5) is 11.4 Å². The van der Waals surface area contributed by atoms with Gasteiger partial charge in [0.05, 0.1) is 10.6 Å². The number of rotatable bonds is 6. The van der Waals surface area contributed by atoms with E-state index in [0.717, 1.165) is 0 Å². The van der Waals surface area contributed by atoms with Crippen LogP contribution in [0.25, 0.3) is 0 Å². The Morgan fingerprint density at radius 2 is 1.65 bits per heavy atom. The molecule has 156 valence electrons. The molecule has 0 aliphatic heterocycles. The number of nitro benzene ring substituents is 1. The minimum atomic E-state index is -0.696. The first-order chi connectivity index (χ1) is 14.8. The van der Waals surface area contributed by atoms with Crippen LogP contribution in [0.5, 0.6) is 0 Å². The number of anilines is 1. The van der Waals surface area contributed by atoms with Crippen LogP contribution in [-0.2, 0) is 0 Å². The van der Waals surface area contributed by atoms with Gasteiger partial charge in [0, 0.05) is 22.3 Å². The van der Waals surface area contributed by atoms with Crippen molar-refractivity contribution in [2.45, 2.75) is 6.92 Å². The van der Waals surface area contributed by atoms with Crippen LogP contribution < -0.4 is 10.7 Å². The van der Waals surface area contributed by atoms with Crippen molar-refractivity contribution in [2.75, 3.05) is 5.32 Å². The summed E-state index contributed by atoms with van der Waals surface area (Å²) in [6.45, 7) is 1.67. The van der Waals surface area contributed by atoms with E-state index in [4.69, 9.17) is 11.6 Å². The molecule has 0 bridgehead atoms. The molecule has 0 atom stereocenters. The van der Waals surface area contributed by atoms with Crippen molar-refractivity contribution in [3.8, 4) is 0 Å². The van der Waals surface area contributed by atoms with Gasteiger partial charge in [-0.3, -0.25) is 19.7 Å². The molecular formula is C22H17ClN4O4. The lowest BCUT2D eigenvalue weighted by molar-refractivity contribution is -0.385. The molecule has 0 aromatic heterocycles. The molecule has 0 spiro atoms. The number of para-hydroxylation sites is 1. The summed E-state index contributed by atoms with van der Waals surface area (Å²) in [4.78, 5) is 35.1. The molecule has 3 aromatic rings. The second-order valence-corrected chi connectivity index (χ2v) is 6.89. The van der Waals surface area contributed by atoms with E-state index < -0.39 is 10.8 Å². The summed E-state index contributed by atoms with van der Waals surface area (Å²) in [6.07, 6.45) is 0. The van der Waals surface area contributed by atoms with Gasteiger partial charge in [0.25, 0.3) is 17.5 Å². The van der Waals surface area contributed by atoms with Crippen molar-refractivity contribution >= 4 is 40.5 Å². The van der Waals surface area contributed by atoms with E-state index in [2.05, 4.69) is 15.8 Å². The van der Waals surface area contributed by atoms with Crippen LogP contribution in [0.1, 0.15) is 33.2 Å². The maximum Gasteiger partial charge on any atom is 0.282 e. The quantitative estimate of drug-likeness (QED) is 0.332. The molecular weight excluding hydrogens is 420 g/mol. The Morgan fingerprint density at radius 3 is 2.35 bits per heavy atom. The zero-order valence-corrected chi connectivity index (χ0v) is 17.1. The molecule has 0 heterocycles. The predicted octanol–water partition coefficient (Wildman–Crippen LogP) is 4.65. The number of hydrogen-bond acceptors (Lipinski definition) is 5. The molecule has 8 nitrogen and oxygen atoms in total. The lowest BCUT2D eigenvalue weighted by Gasteiger charge is -2.08. The summed E-state index contributed by atoms with van der Waals surface area (Å²) < 4.78 is 0. The summed E-state index contributed by atoms with van der Waals surface area (Å²) >= 11 is 5.84. The fourth-order valence-electron chi connectivity index (χ4n) is 2.71. The van der Waals surface area contributed by atoms with E-state index in [1.165, 1.54) is 24.3 Å². The zero-order chi connectivity index (χ0) is 22.4. The number of carbonyl (C=O) groups is 2. The molecule has 2 N–H and O–H groups in total. The third kappa shape index (κ3) is 5.52. The van der Waals surface area contributed by atoms with E-state index in [1.807, 2.05) is 0 Å². The van der Waals surface area contributed by atoms with Gasteiger partial charge in [0.1, 0.15) is 5.56 Å². The van der Waals surface area contributed by atoms with E-state index in [1.54, 1.807) is 55.5 Å². The molecule has 3 rings (SSSR count). The fraction of sp³-hybridized carbons (Fsp3) is 0.0455. The number of nitrogens with zero attached hydrogens (tertiary/aromatic N) is 2. The van der Waals surface area contributed by atoms with Crippen molar-refractivity contribution in [1.82, 2.24) is 5.43 Å². The van der Waals surface area contributed by atoms with Gasteiger partial charge in [0.15, 0.2) is 0 Å². The average Bonchev–Trinajstić information content (AvgIpc) is 2.77. The van der Waals surface area contributed by atoms with Crippen molar-refractivity contribution in [3.05, 3.63) is 105 Å². The number of benzene rings is 3. The van der Waals surface area contributed by atoms with Crippen molar-refractivity contribution in [3.63, 3.8) is 0 Å². The van der Waals surface area contributed by atoms with E-state index in [9.17, 15) is 19.7 Å². The fourth-order valence-corrected chi connectivity index (χ4v) is 2.84. The third-order valence-electron chi connectivity index (χ3n) is 4.32. The van der Waals surface area contributed by atoms with Crippen LogP contribution in [0.3, 0.4) is 0 Å². The highest BCUT2D eigenvalue weighted by Gasteiger charge is 2.18. The van der Waals surface area contributed by atoms with Gasteiger partial charge in [-0.1, -0.05) is 35.9 Å². The number of hydrogen-bond donors (Lipinski definition) is 2. The Balaban J connectivity index is 1.72. The Labute approximate surface area is 182 Å². The normalized spacial score (nSPS) is 11.0. The number of halogens is 1. The van der Waals surface area contributed by atoms with E-state index in [0.29, 0.717) is 27.5 Å². The van der Waals surface area contributed by atoms with Crippen LogP contribution in [0, 0.1) is 10.1 Å². The zero-order valence-electron chi connectivity index (χ0n) is 16.3. The van der Waals surface area contributed by atoms with Crippen molar-refractivity contribution in [1.29, 1.82) is 0 Å². The molecule has 0 saturated heterocycles. The van der Waals surface area contributed by atoms with E-state index >= 15 is 0 Å². The maximum atomic E-state index is 12.4. The summed E-state index contributed by atoms with van der Waals surface area (Å²) in [6, 6.07) is 19.0. The minimum absolute atomic E-state index is 0.0898. The maximum absolute atomic E-state index is 12.4. The molecule has 0 unspecified atom stereocenters. The molecule has 3 aromatic carbocycles. The lowest BCUT2D eigenvalue weighted by atomic mass is 10.1. The monoisotopic (exact) mass is 436 g/mol. The Morgan fingerprint density at radius 1 is 0.935 bits per heavy atom. The largest absolute Gasteiger partial charge is 0.322 e. The molecule has 0 saturated carbocycles. The number of hydrazone groups is 1.